The minimum Gasteiger partial charge on any atom is -0.598 e. The Kier molecular flexibility index (Phi) is 5.39. The monoisotopic (exact) mass is 310 g/mol. The highest BCUT2D eigenvalue weighted by molar-refractivity contribution is 7.90. The molecule has 1 atom stereocenters. The molecule has 1 N–H and O–H groups in total. The van der Waals surface area contributed by atoms with Gasteiger partial charge in [-0.3, -0.25) is 0 Å². The zero-order valence-corrected chi connectivity index (χ0v) is 12.8. The van der Waals surface area contributed by atoms with E-state index in [-0.39, 0.29) is 18.9 Å². The van der Waals surface area contributed by atoms with Gasteiger partial charge in [0.2, 0.25) is 0 Å². The summed E-state index contributed by atoms with van der Waals surface area (Å²) in [6.45, 7) is 5.44. The second kappa shape index (κ2) is 6.12. The molecule has 0 aliphatic heterocycles. The number of nitrogens with zero attached hydrogens (tertiary/aromatic N) is 1. The second-order valence-corrected chi connectivity index (χ2v) is 8.38. The third-order valence-electron chi connectivity index (χ3n) is 3.79. The van der Waals surface area contributed by atoms with E-state index in [1.807, 2.05) is 20.8 Å². The van der Waals surface area contributed by atoms with Crippen molar-refractivity contribution in [3.05, 3.63) is 0 Å². The van der Waals surface area contributed by atoms with Crippen molar-refractivity contribution in [2.75, 3.05) is 0 Å². The lowest BCUT2D eigenvalue weighted by molar-refractivity contribution is -0.233. The molecule has 1 rings (SSSR count). The Bertz CT molecular complexity index is 365. The maximum absolute atomic E-state index is 13.1. The standard InChI is InChI=1S/C13H21F3N2OS/c1-11(2,3)20(19)18-10-4-6-12(7-5-10,8-9-17)13(14,15)16/h10,18H,4-8H2,1-3H3/t10-,12+,20?. The average molecular weight is 310 g/mol. The molecule has 1 saturated carbocycles. The molecule has 0 aromatic rings. The van der Waals surface area contributed by atoms with Gasteiger partial charge in [-0.2, -0.15) is 18.4 Å². The summed E-state index contributed by atoms with van der Waals surface area (Å²) in [6, 6.07) is 1.49. The third-order valence-corrected chi connectivity index (χ3v) is 5.45. The summed E-state index contributed by atoms with van der Waals surface area (Å²) in [4.78, 5) is 0. The lowest BCUT2D eigenvalue weighted by Gasteiger charge is -2.40. The predicted molar refractivity (Wildman–Crippen MR) is 72.0 cm³/mol. The highest BCUT2D eigenvalue weighted by Gasteiger charge is 2.55. The fourth-order valence-corrected chi connectivity index (χ4v) is 3.22. The molecule has 0 heterocycles. The van der Waals surface area contributed by atoms with Gasteiger partial charge in [-0.1, -0.05) is 0 Å². The first kappa shape index (κ1) is 17.6. The Morgan fingerprint density at radius 2 is 1.80 bits per heavy atom. The molecule has 3 nitrogen and oxygen atoms in total. The first-order chi connectivity index (χ1) is 9.02. The van der Waals surface area contributed by atoms with E-state index in [1.54, 1.807) is 6.07 Å². The van der Waals surface area contributed by atoms with Gasteiger partial charge in [0.1, 0.15) is 4.75 Å². The number of hydrogen-bond donors (Lipinski definition) is 1. The smallest absolute Gasteiger partial charge is 0.395 e. The normalized spacial score (nSPS) is 29.8. The summed E-state index contributed by atoms with van der Waals surface area (Å²) >= 11 is -1.28. The van der Waals surface area contributed by atoms with Crippen molar-refractivity contribution in [2.24, 2.45) is 5.41 Å². The topological polar surface area (TPSA) is 58.9 Å². The quantitative estimate of drug-likeness (QED) is 0.812. The van der Waals surface area contributed by atoms with Crippen molar-refractivity contribution < 1.29 is 17.7 Å². The van der Waals surface area contributed by atoms with Gasteiger partial charge in [-0.05, 0) is 46.5 Å². The summed E-state index contributed by atoms with van der Waals surface area (Å²) in [5, 5.41) is 8.65. The summed E-state index contributed by atoms with van der Waals surface area (Å²) in [6.07, 6.45) is -4.42. The van der Waals surface area contributed by atoms with Gasteiger partial charge in [-0.15, -0.1) is 4.72 Å². The molecule has 20 heavy (non-hydrogen) atoms. The van der Waals surface area contributed by atoms with E-state index < -0.39 is 34.1 Å². The number of rotatable bonds is 3. The van der Waals surface area contributed by atoms with E-state index in [1.165, 1.54) is 0 Å². The van der Waals surface area contributed by atoms with Gasteiger partial charge in [0.05, 0.1) is 17.5 Å². The van der Waals surface area contributed by atoms with Gasteiger partial charge in [0.15, 0.2) is 0 Å². The van der Waals surface area contributed by atoms with Crippen LogP contribution < -0.4 is 4.72 Å². The fourth-order valence-electron chi connectivity index (χ4n) is 2.33. The van der Waals surface area contributed by atoms with Crippen molar-refractivity contribution in [1.82, 2.24) is 4.72 Å². The number of halogens is 3. The molecule has 0 radical (unpaired) electrons. The summed E-state index contributed by atoms with van der Waals surface area (Å²) < 4.78 is 53.8. The molecule has 0 spiro atoms. The zero-order valence-electron chi connectivity index (χ0n) is 12.0. The highest BCUT2D eigenvalue weighted by Crippen LogP contribution is 2.51. The lowest BCUT2D eigenvalue weighted by atomic mass is 9.70. The fraction of sp³-hybridized carbons (Fsp3) is 0.923. The van der Waals surface area contributed by atoms with Crippen LogP contribution in [0.3, 0.4) is 0 Å². The Labute approximate surface area is 121 Å². The average Bonchev–Trinajstić information content (AvgIpc) is 2.29. The Morgan fingerprint density at radius 3 is 2.15 bits per heavy atom. The molecule has 0 aromatic carbocycles. The number of nitriles is 1. The van der Waals surface area contributed by atoms with Crippen LogP contribution in [0.25, 0.3) is 0 Å². The van der Waals surface area contributed by atoms with Crippen molar-refractivity contribution >= 4 is 11.4 Å². The van der Waals surface area contributed by atoms with E-state index in [9.17, 15) is 17.7 Å². The van der Waals surface area contributed by atoms with Crippen molar-refractivity contribution in [3.63, 3.8) is 0 Å². The maximum Gasteiger partial charge on any atom is 0.395 e. The lowest BCUT2D eigenvalue weighted by Crippen LogP contribution is -2.49. The summed E-state index contributed by atoms with van der Waals surface area (Å²) in [5.41, 5.74) is -1.89. The Morgan fingerprint density at radius 1 is 1.30 bits per heavy atom. The summed E-state index contributed by atoms with van der Waals surface area (Å²) in [5.74, 6) is 0. The van der Waals surface area contributed by atoms with E-state index in [0.29, 0.717) is 12.8 Å². The number of nitrogens with one attached hydrogen (secondary N) is 1. The van der Waals surface area contributed by atoms with Crippen LogP contribution >= 0.6 is 0 Å². The molecule has 1 aliphatic carbocycles. The second-order valence-electron chi connectivity index (χ2n) is 6.39. The van der Waals surface area contributed by atoms with Gasteiger partial charge in [0, 0.05) is 17.8 Å². The maximum atomic E-state index is 13.1. The van der Waals surface area contributed by atoms with Crippen LogP contribution in [0.1, 0.15) is 52.9 Å². The van der Waals surface area contributed by atoms with Gasteiger partial charge >= 0.3 is 6.18 Å². The van der Waals surface area contributed by atoms with Crippen LogP contribution in [-0.2, 0) is 11.4 Å². The first-order valence-electron chi connectivity index (χ1n) is 6.63. The molecule has 116 valence electrons. The first-order valence-corrected chi connectivity index (χ1v) is 7.78. The molecule has 0 amide bonds. The van der Waals surface area contributed by atoms with Crippen molar-refractivity contribution in [1.29, 1.82) is 5.26 Å². The predicted octanol–water partition coefficient (Wildman–Crippen LogP) is 3.44. The molecular formula is C13H21F3N2OS. The zero-order chi connectivity index (χ0) is 15.6. The molecular weight excluding hydrogens is 289 g/mol. The van der Waals surface area contributed by atoms with Gasteiger partial charge in [-0.25, -0.2) is 0 Å². The van der Waals surface area contributed by atoms with Crippen molar-refractivity contribution in [3.8, 4) is 6.07 Å². The SMILES string of the molecule is CC(C)(C)[S+]([O-])N[C@H]1CC[C@@](CC#N)(C(F)(F)F)CC1. The largest absolute Gasteiger partial charge is 0.598 e. The van der Waals surface area contributed by atoms with Crippen LogP contribution in [0.5, 0.6) is 0 Å². The van der Waals surface area contributed by atoms with E-state index in [4.69, 9.17) is 5.26 Å². The van der Waals surface area contributed by atoms with E-state index in [2.05, 4.69) is 4.72 Å². The third kappa shape index (κ3) is 4.03. The van der Waals surface area contributed by atoms with Crippen LogP contribution in [0, 0.1) is 16.7 Å². The van der Waals surface area contributed by atoms with Crippen LogP contribution in [-0.4, -0.2) is 21.5 Å². The Balaban J connectivity index is 2.64. The molecule has 7 heteroatoms. The highest BCUT2D eigenvalue weighted by atomic mass is 32.2. The number of hydrogen-bond acceptors (Lipinski definition) is 3. The molecule has 1 unspecified atom stereocenters. The molecule has 0 aromatic heterocycles. The van der Waals surface area contributed by atoms with Crippen LogP contribution in [0.15, 0.2) is 0 Å². The molecule has 0 bridgehead atoms. The molecule has 1 aliphatic rings. The van der Waals surface area contributed by atoms with Crippen LogP contribution in [0.2, 0.25) is 0 Å². The number of alkyl halides is 3. The van der Waals surface area contributed by atoms with Gasteiger partial charge in [0.25, 0.3) is 0 Å². The minimum absolute atomic E-state index is 0.0803. The van der Waals surface area contributed by atoms with Crippen LogP contribution in [0.4, 0.5) is 13.2 Å². The Hall–Kier alpha value is -0.450. The van der Waals surface area contributed by atoms with Gasteiger partial charge < -0.3 is 4.55 Å². The van der Waals surface area contributed by atoms with E-state index in [0.717, 1.165) is 0 Å². The van der Waals surface area contributed by atoms with E-state index >= 15 is 0 Å². The van der Waals surface area contributed by atoms with Crippen molar-refractivity contribution in [2.45, 2.75) is 69.8 Å². The molecule has 0 saturated heterocycles. The minimum atomic E-state index is -4.35. The summed E-state index contributed by atoms with van der Waals surface area (Å²) in [7, 11) is 0. The molecule has 1 fully saturated rings.